The maximum Gasteiger partial charge on any atom is 0.218 e. The third kappa shape index (κ3) is 4.39. The summed E-state index contributed by atoms with van der Waals surface area (Å²) in [6.45, 7) is 4.31. The predicted octanol–water partition coefficient (Wildman–Crippen LogP) is 2.27. The molecule has 3 heterocycles. The molecule has 0 spiro atoms. The highest BCUT2D eigenvalue weighted by Gasteiger charge is 2.54. The molecule has 0 bridgehead atoms. The zero-order valence-corrected chi connectivity index (χ0v) is 18.6. The van der Waals surface area contributed by atoms with Crippen molar-refractivity contribution in [1.29, 1.82) is 0 Å². The van der Waals surface area contributed by atoms with Gasteiger partial charge in [-0.05, 0) is 31.9 Å². The van der Waals surface area contributed by atoms with Crippen molar-refractivity contribution in [1.82, 2.24) is 19.7 Å². The van der Waals surface area contributed by atoms with Crippen LogP contribution in [0.2, 0.25) is 0 Å². The van der Waals surface area contributed by atoms with Gasteiger partial charge in [0.15, 0.2) is 5.79 Å². The zero-order chi connectivity index (χ0) is 23.0. The smallest absolute Gasteiger partial charge is 0.218 e. The first-order valence-electron chi connectivity index (χ1n) is 11.1. The van der Waals surface area contributed by atoms with Gasteiger partial charge in [0.25, 0.3) is 0 Å². The van der Waals surface area contributed by atoms with Crippen LogP contribution in [-0.4, -0.2) is 61.3 Å². The summed E-state index contributed by atoms with van der Waals surface area (Å²) in [4.78, 5) is 21.7. The van der Waals surface area contributed by atoms with Gasteiger partial charge in [-0.15, -0.1) is 0 Å². The highest BCUT2D eigenvalue weighted by Crippen LogP contribution is 2.42. The van der Waals surface area contributed by atoms with Crippen molar-refractivity contribution in [2.75, 3.05) is 11.9 Å². The monoisotopic (exact) mass is 449 g/mol. The SMILES string of the molecule is CC1(C)O[C@@H]2[C@@H](CO)CC(Nc3ncncc3C(=O)c3ccn(Cc4ccccc4)n3)[C@@H]2O1. The largest absolute Gasteiger partial charge is 0.396 e. The molecule has 1 aromatic carbocycles. The maximum atomic E-state index is 13.3. The molecule has 9 nitrogen and oxygen atoms in total. The number of nitrogens with zero attached hydrogens (tertiary/aromatic N) is 4. The molecule has 1 aliphatic carbocycles. The number of benzene rings is 1. The Hall–Kier alpha value is -3.14. The Morgan fingerprint density at radius 3 is 2.79 bits per heavy atom. The number of fused-ring (bicyclic) bond motifs is 1. The first-order valence-corrected chi connectivity index (χ1v) is 11.1. The quantitative estimate of drug-likeness (QED) is 0.529. The van der Waals surface area contributed by atoms with E-state index in [1.165, 1.54) is 12.5 Å². The molecule has 2 N–H and O–H groups in total. The van der Waals surface area contributed by atoms with Crippen LogP contribution < -0.4 is 5.32 Å². The number of ether oxygens (including phenoxy) is 2. The van der Waals surface area contributed by atoms with Crippen LogP contribution in [0.15, 0.2) is 55.1 Å². The van der Waals surface area contributed by atoms with Gasteiger partial charge in [0, 0.05) is 24.9 Å². The summed E-state index contributed by atoms with van der Waals surface area (Å²) in [5.41, 5.74) is 1.76. The van der Waals surface area contributed by atoms with Gasteiger partial charge in [-0.2, -0.15) is 5.10 Å². The van der Waals surface area contributed by atoms with Crippen LogP contribution >= 0.6 is 0 Å². The molecule has 2 aliphatic rings. The van der Waals surface area contributed by atoms with Crippen LogP contribution in [-0.2, 0) is 16.0 Å². The number of aliphatic hydroxyl groups excluding tert-OH is 1. The molecule has 2 aromatic heterocycles. The first kappa shape index (κ1) is 21.7. The van der Waals surface area contributed by atoms with Crippen LogP contribution in [0.4, 0.5) is 5.82 Å². The van der Waals surface area contributed by atoms with Crippen LogP contribution in [0.3, 0.4) is 0 Å². The Bertz CT molecular complexity index is 1130. The fourth-order valence-corrected chi connectivity index (χ4v) is 4.67. The van der Waals surface area contributed by atoms with Crippen LogP contribution in [0, 0.1) is 5.92 Å². The summed E-state index contributed by atoms with van der Waals surface area (Å²) < 4.78 is 13.8. The van der Waals surface area contributed by atoms with Crippen LogP contribution in [0.1, 0.15) is 41.9 Å². The van der Waals surface area contributed by atoms with Gasteiger partial charge in [-0.3, -0.25) is 9.48 Å². The van der Waals surface area contributed by atoms with Crippen molar-refractivity contribution in [3.05, 3.63) is 71.9 Å². The fraction of sp³-hybridized carbons (Fsp3) is 0.417. The normalized spacial score (nSPS) is 25.7. The summed E-state index contributed by atoms with van der Waals surface area (Å²) in [6.07, 6.45) is 4.87. The van der Waals surface area contributed by atoms with E-state index in [1.807, 2.05) is 44.2 Å². The average molecular weight is 450 g/mol. The predicted molar refractivity (Wildman–Crippen MR) is 120 cm³/mol. The van der Waals surface area contributed by atoms with Gasteiger partial charge < -0.3 is 19.9 Å². The first-order chi connectivity index (χ1) is 15.9. The van der Waals surface area contributed by atoms with Gasteiger partial charge in [0.05, 0.1) is 24.3 Å². The molecule has 9 heteroatoms. The number of anilines is 1. The summed E-state index contributed by atoms with van der Waals surface area (Å²) in [6, 6.07) is 11.5. The van der Waals surface area contributed by atoms with Gasteiger partial charge in [-0.1, -0.05) is 30.3 Å². The van der Waals surface area contributed by atoms with E-state index < -0.39 is 5.79 Å². The Morgan fingerprint density at radius 2 is 2.00 bits per heavy atom. The molecular weight excluding hydrogens is 422 g/mol. The molecule has 1 saturated carbocycles. The Morgan fingerprint density at radius 1 is 1.21 bits per heavy atom. The Labute approximate surface area is 191 Å². The van der Waals surface area contributed by atoms with E-state index in [1.54, 1.807) is 16.9 Å². The summed E-state index contributed by atoms with van der Waals surface area (Å²) in [5, 5.41) is 17.6. The number of hydrogen-bond acceptors (Lipinski definition) is 8. The molecular formula is C24H27N5O4. The molecule has 2 fully saturated rings. The van der Waals surface area contributed by atoms with Gasteiger partial charge >= 0.3 is 0 Å². The Balaban J connectivity index is 1.35. The van der Waals surface area contributed by atoms with Crippen molar-refractivity contribution in [3.8, 4) is 0 Å². The lowest BCUT2D eigenvalue weighted by atomic mass is 10.1. The van der Waals surface area contributed by atoms with E-state index in [4.69, 9.17) is 9.47 Å². The van der Waals surface area contributed by atoms with Crippen molar-refractivity contribution >= 4 is 11.6 Å². The lowest BCUT2D eigenvalue weighted by Gasteiger charge is -2.24. The second-order valence-corrected chi connectivity index (χ2v) is 8.99. The highest BCUT2D eigenvalue weighted by molar-refractivity contribution is 6.10. The van der Waals surface area contributed by atoms with Gasteiger partial charge in [-0.25, -0.2) is 9.97 Å². The minimum Gasteiger partial charge on any atom is -0.396 e. The molecule has 5 rings (SSSR count). The number of ketones is 1. The van der Waals surface area contributed by atoms with E-state index in [2.05, 4.69) is 20.4 Å². The molecule has 3 aromatic rings. The van der Waals surface area contributed by atoms with E-state index in [9.17, 15) is 9.90 Å². The van der Waals surface area contributed by atoms with Crippen molar-refractivity contribution in [2.24, 2.45) is 5.92 Å². The second kappa shape index (κ2) is 8.66. The van der Waals surface area contributed by atoms with Gasteiger partial charge in [0.1, 0.15) is 23.9 Å². The number of carbonyl (C=O) groups is 1. The van der Waals surface area contributed by atoms with Crippen molar-refractivity contribution in [2.45, 2.75) is 50.8 Å². The molecule has 172 valence electrons. The number of hydrogen-bond donors (Lipinski definition) is 2. The second-order valence-electron chi connectivity index (χ2n) is 8.99. The van der Waals surface area contributed by atoms with E-state index >= 15 is 0 Å². The summed E-state index contributed by atoms with van der Waals surface area (Å²) >= 11 is 0. The lowest BCUT2D eigenvalue weighted by molar-refractivity contribution is -0.158. The number of nitrogens with one attached hydrogen (secondary N) is 1. The molecule has 1 unspecified atom stereocenters. The minimum absolute atomic E-state index is 0.00714. The average Bonchev–Trinajstić information content (AvgIpc) is 3.48. The van der Waals surface area contributed by atoms with Crippen LogP contribution in [0.5, 0.6) is 0 Å². The molecule has 4 atom stereocenters. The molecule has 33 heavy (non-hydrogen) atoms. The number of aliphatic hydroxyl groups is 1. The topological polar surface area (TPSA) is 111 Å². The number of aromatic nitrogens is 4. The van der Waals surface area contributed by atoms with E-state index in [-0.39, 0.29) is 36.6 Å². The van der Waals surface area contributed by atoms with E-state index in [0.717, 1.165) is 5.56 Å². The molecule has 0 radical (unpaired) electrons. The lowest BCUT2D eigenvalue weighted by Crippen LogP contribution is -2.35. The molecule has 1 saturated heterocycles. The standard InChI is InChI=1S/C24H27N5O4/c1-24(2)32-21-16(13-30)10-19(22(21)33-24)27-23-17(11-25-14-26-23)20(31)18-8-9-29(28-18)12-15-6-4-3-5-7-15/h3-9,11,14,16,19,21-22,30H,10,12-13H2,1-2H3,(H,25,26,27)/t16-,19?,21-,22+/m1/s1. The molecule has 1 aliphatic heterocycles. The summed E-state index contributed by atoms with van der Waals surface area (Å²) in [5.74, 6) is -0.617. The Kier molecular flexibility index (Phi) is 5.69. The summed E-state index contributed by atoms with van der Waals surface area (Å²) in [7, 11) is 0. The minimum atomic E-state index is -0.723. The number of rotatable bonds is 7. The van der Waals surface area contributed by atoms with Crippen LogP contribution in [0.25, 0.3) is 0 Å². The third-order valence-corrected chi connectivity index (χ3v) is 6.16. The van der Waals surface area contributed by atoms with Crippen molar-refractivity contribution in [3.63, 3.8) is 0 Å². The van der Waals surface area contributed by atoms with Crippen molar-refractivity contribution < 1.29 is 19.4 Å². The molecule has 0 amide bonds. The van der Waals surface area contributed by atoms with Gasteiger partial charge in [0.2, 0.25) is 5.78 Å². The fourth-order valence-electron chi connectivity index (χ4n) is 4.67. The van der Waals surface area contributed by atoms with E-state index in [0.29, 0.717) is 30.0 Å². The zero-order valence-electron chi connectivity index (χ0n) is 18.6. The highest BCUT2D eigenvalue weighted by atomic mass is 16.8. The maximum absolute atomic E-state index is 13.3. The number of carbonyl (C=O) groups excluding carboxylic acids is 1. The third-order valence-electron chi connectivity index (χ3n) is 6.16.